The SMILES string of the molecule is CN1C(=O)N(CC(=O)c2cccc(F)c2)C(=O)C(C)(C2=CCCCC2)C1O. The number of benzene rings is 1. The van der Waals surface area contributed by atoms with Crippen LogP contribution in [0.2, 0.25) is 0 Å². The lowest BCUT2D eigenvalue weighted by molar-refractivity contribution is -0.156. The number of rotatable bonds is 4. The number of aliphatic hydroxyl groups excluding tert-OH is 1. The van der Waals surface area contributed by atoms with E-state index in [4.69, 9.17) is 0 Å². The molecule has 2 aliphatic rings. The molecular weight excluding hydrogens is 351 g/mol. The third-order valence-corrected chi connectivity index (χ3v) is 5.51. The van der Waals surface area contributed by atoms with Gasteiger partial charge in [-0.1, -0.05) is 23.8 Å². The minimum Gasteiger partial charge on any atom is -0.372 e. The second-order valence-corrected chi connectivity index (χ2v) is 7.27. The maximum absolute atomic E-state index is 13.4. The summed E-state index contributed by atoms with van der Waals surface area (Å²) in [5, 5.41) is 10.7. The molecule has 1 fully saturated rings. The number of Topliss-reactive ketones (excluding diaryl/α,β-unsaturated/α-hetero) is 1. The third kappa shape index (κ3) is 3.27. The first-order valence-corrected chi connectivity index (χ1v) is 9.02. The smallest absolute Gasteiger partial charge is 0.328 e. The van der Waals surface area contributed by atoms with E-state index in [0.29, 0.717) is 6.42 Å². The van der Waals surface area contributed by atoms with E-state index in [9.17, 15) is 23.9 Å². The molecule has 1 aromatic rings. The molecule has 0 saturated carbocycles. The van der Waals surface area contributed by atoms with Crippen molar-refractivity contribution in [1.82, 2.24) is 9.80 Å². The maximum Gasteiger partial charge on any atom is 0.328 e. The molecule has 7 heteroatoms. The number of allylic oxidation sites excluding steroid dienone is 1. The van der Waals surface area contributed by atoms with Crippen LogP contribution in [0.15, 0.2) is 35.9 Å². The van der Waals surface area contributed by atoms with Crippen LogP contribution in [-0.2, 0) is 4.79 Å². The second-order valence-electron chi connectivity index (χ2n) is 7.27. The summed E-state index contributed by atoms with van der Waals surface area (Å²) >= 11 is 0. The van der Waals surface area contributed by atoms with Gasteiger partial charge in [-0.15, -0.1) is 0 Å². The molecule has 1 aromatic carbocycles. The van der Waals surface area contributed by atoms with Gasteiger partial charge in [0.25, 0.3) is 0 Å². The molecule has 1 aliphatic heterocycles. The first-order chi connectivity index (χ1) is 12.8. The second kappa shape index (κ2) is 7.23. The highest BCUT2D eigenvalue weighted by molar-refractivity contribution is 6.07. The van der Waals surface area contributed by atoms with E-state index in [0.717, 1.165) is 40.7 Å². The van der Waals surface area contributed by atoms with Crippen molar-refractivity contribution in [2.24, 2.45) is 5.41 Å². The molecule has 1 heterocycles. The van der Waals surface area contributed by atoms with Crippen molar-refractivity contribution < 1.29 is 23.9 Å². The number of hydrogen-bond acceptors (Lipinski definition) is 4. The summed E-state index contributed by atoms with van der Waals surface area (Å²) in [5.41, 5.74) is -0.428. The van der Waals surface area contributed by atoms with Gasteiger partial charge in [0.2, 0.25) is 5.91 Å². The van der Waals surface area contributed by atoms with E-state index < -0.39 is 41.7 Å². The lowest BCUT2D eigenvalue weighted by Crippen LogP contribution is -2.66. The molecular formula is C20H23FN2O4. The zero-order valence-corrected chi connectivity index (χ0v) is 15.4. The molecule has 27 heavy (non-hydrogen) atoms. The van der Waals surface area contributed by atoms with E-state index >= 15 is 0 Å². The maximum atomic E-state index is 13.4. The van der Waals surface area contributed by atoms with Gasteiger partial charge in [0.05, 0.1) is 6.54 Å². The predicted octanol–water partition coefficient (Wildman–Crippen LogP) is 2.73. The van der Waals surface area contributed by atoms with Crippen molar-refractivity contribution >= 4 is 17.7 Å². The van der Waals surface area contributed by atoms with Gasteiger partial charge in [-0.2, -0.15) is 0 Å². The van der Waals surface area contributed by atoms with Gasteiger partial charge in [0, 0.05) is 12.6 Å². The van der Waals surface area contributed by atoms with Crippen LogP contribution in [0.5, 0.6) is 0 Å². The Bertz CT molecular complexity index is 822. The molecule has 144 valence electrons. The summed E-state index contributed by atoms with van der Waals surface area (Å²) < 4.78 is 13.4. The Morgan fingerprint density at radius 3 is 2.70 bits per heavy atom. The van der Waals surface area contributed by atoms with Gasteiger partial charge >= 0.3 is 6.03 Å². The van der Waals surface area contributed by atoms with Crippen molar-refractivity contribution in [3.8, 4) is 0 Å². The Balaban J connectivity index is 1.92. The molecule has 0 radical (unpaired) electrons. The number of amides is 3. The minimum atomic E-state index is -1.30. The van der Waals surface area contributed by atoms with Crippen LogP contribution in [-0.4, -0.2) is 52.4 Å². The van der Waals surface area contributed by atoms with Crippen LogP contribution in [0.4, 0.5) is 9.18 Å². The lowest BCUT2D eigenvalue weighted by atomic mass is 9.73. The highest BCUT2D eigenvalue weighted by Crippen LogP contribution is 2.42. The standard InChI is InChI=1S/C20H23FN2O4/c1-20(14-8-4-3-5-9-14)17(25)22(2)19(27)23(18(20)26)12-16(24)13-7-6-10-15(21)11-13/h6-8,10-11,17,25H,3-5,9,12H2,1-2H3. The molecule has 3 amide bonds. The molecule has 2 unspecified atom stereocenters. The zero-order valence-electron chi connectivity index (χ0n) is 15.4. The normalized spacial score (nSPS) is 26.2. The summed E-state index contributed by atoms with van der Waals surface area (Å²) in [5.74, 6) is -1.71. The quantitative estimate of drug-likeness (QED) is 0.649. The molecule has 1 saturated heterocycles. The first-order valence-electron chi connectivity index (χ1n) is 9.02. The number of nitrogens with zero attached hydrogens (tertiary/aromatic N) is 2. The topological polar surface area (TPSA) is 77.9 Å². The van der Waals surface area contributed by atoms with Crippen LogP contribution in [0.1, 0.15) is 43.0 Å². The zero-order chi connectivity index (χ0) is 19.8. The Hall–Kier alpha value is -2.54. The third-order valence-electron chi connectivity index (χ3n) is 5.51. The number of hydrogen-bond donors (Lipinski definition) is 1. The Morgan fingerprint density at radius 1 is 1.33 bits per heavy atom. The average molecular weight is 374 g/mol. The van der Waals surface area contributed by atoms with Crippen LogP contribution >= 0.6 is 0 Å². The minimum absolute atomic E-state index is 0.0861. The number of imide groups is 1. The summed E-state index contributed by atoms with van der Waals surface area (Å²) in [7, 11) is 1.40. The molecule has 0 aromatic heterocycles. The van der Waals surface area contributed by atoms with E-state index in [-0.39, 0.29) is 5.56 Å². The van der Waals surface area contributed by atoms with Gasteiger partial charge < -0.3 is 10.0 Å². The van der Waals surface area contributed by atoms with Crippen molar-refractivity contribution in [2.45, 2.75) is 38.8 Å². The Kier molecular flexibility index (Phi) is 5.15. The van der Waals surface area contributed by atoms with Crippen LogP contribution < -0.4 is 0 Å². The van der Waals surface area contributed by atoms with Crippen LogP contribution in [0.3, 0.4) is 0 Å². The van der Waals surface area contributed by atoms with E-state index in [1.54, 1.807) is 6.92 Å². The molecule has 6 nitrogen and oxygen atoms in total. The molecule has 2 atom stereocenters. The van der Waals surface area contributed by atoms with E-state index in [1.165, 1.54) is 25.2 Å². The van der Waals surface area contributed by atoms with Gasteiger partial charge in [0.1, 0.15) is 17.5 Å². The largest absolute Gasteiger partial charge is 0.372 e. The van der Waals surface area contributed by atoms with Crippen molar-refractivity contribution in [2.75, 3.05) is 13.6 Å². The highest BCUT2D eigenvalue weighted by atomic mass is 19.1. The molecule has 3 rings (SSSR count). The van der Waals surface area contributed by atoms with Gasteiger partial charge in [-0.05, 0) is 44.7 Å². The first kappa shape index (κ1) is 19.2. The Labute approximate surface area is 157 Å². The van der Waals surface area contributed by atoms with Crippen molar-refractivity contribution in [3.63, 3.8) is 0 Å². The summed E-state index contributed by atoms with van der Waals surface area (Å²) in [6.45, 7) is 1.11. The monoisotopic (exact) mass is 374 g/mol. The van der Waals surface area contributed by atoms with E-state index in [1.807, 2.05) is 6.08 Å². The van der Waals surface area contributed by atoms with Gasteiger partial charge in [0.15, 0.2) is 5.78 Å². The van der Waals surface area contributed by atoms with Crippen molar-refractivity contribution in [1.29, 1.82) is 0 Å². The summed E-state index contributed by atoms with van der Waals surface area (Å²) in [6.07, 6.45) is 4.03. The van der Waals surface area contributed by atoms with Gasteiger partial charge in [-0.3, -0.25) is 14.5 Å². The number of carbonyl (C=O) groups is 3. The summed E-state index contributed by atoms with van der Waals surface area (Å²) in [4.78, 5) is 40.2. The Morgan fingerprint density at radius 2 is 2.07 bits per heavy atom. The predicted molar refractivity (Wildman–Crippen MR) is 96.3 cm³/mol. The molecule has 1 aliphatic carbocycles. The van der Waals surface area contributed by atoms with E-state index in [2.05, 4.69) is 0 Å². The molecule has 0 spiro atoms. The van der Waals surface area contributed by atoms with Crippen LogP contribution in [0, 0.1) is 11.2 Å². The fourth-order valence-electron chi connectivity index (χ4n) is 3.81. The van der Waals surface area contributed by atoms with Crippen LogP contribution in [0.25, 0.3) is 0 Å². The number of halogens is 1. The summed E-state index contributed by atoms with van der Waals surface area (Å²) in [6, 6.07) is 4.38. The fraction of sp³-hybridized carbons (Fsp3) is 0.450. The average Bonchev–Trinajstić information content (AvgIpc) is 2.68. The molecule has 0 bridgehead atoms. The number of urea groups is 1. The fourth-order valence-corrected chi connectivity index (χ4v) is 3.81. The number of aliphatic hydroxyl groups is 1. The number of carbonyl (C=O) groups excluding carboxylic acids is 3. The van der Waals surface area contributed by atoms with Crippen molar-refractivity contribution in [3.05, 3.63) is 47.3 Å². The lowest BCUT2D eigenvalue weighted by Gasteiger charge is -2.48. The van der Waals surface area contributed by atoms with Gasteiger partial charge in [-0.25, -0.2) is 9.18 Å². The number of ketones is 1. The highest BCUT2D eigenvalue weighted by Gasteiger charge is 2.55. The molecule has 1 N–H and O–H groups in total.